The molecular formula is C25H29FN4O3. The van der Waals surface area contributed by atoms with Gasteiger partial charge in [0.1, 0.15) is 5.82 Å². The molecule has 3 aliphatic rings. The minimum atomic E-state index is -0.449. The van der Waals surface area contributed by atoms with Crippen LogP contribution in [0.2, 0.25) is 0 Å². The Bertz CT molecular complexity index is 1080. The van der Waals surface area contributed by atoms with Gasteiger partial charge in [0.15, 0.2) is 0 Å². The largest absolute Gasteiger partial charge is 0.379 e. The Morgan fingerprint density at radius 2 is 1.85 bits per heavy atom. The number of nitrogens with one attached hydrogen (secondary N) is 2. The predicted molar refractivity (Wildman–Crippen MR) is 124 cm³/mol. The first kappa shape index (κ1) is 21.9. The number of carbonyl (C=O) groups is 2. The van der Waals surface area contributed by atoms with E-state index >= 15 is 0 Å². The number of aromatic nitrogens is 1. The molecule has 4 heterocycles. The third-order valence-electron chi connectivity index (χ3n) is 6.99. The lowest BCUT2D eigenvalue weighted by Crippen LogP contribution is -2.58. The van der Waals surface area contributed by atoms with Crippen LogP contribution >= 0.6 is 0 Å². The lowest BCUT2D eigenvalue weighted by molar-refractivity contribution is -0.130. The third kappa shape index (κ3) is 3.98. The second-order valence-corrected chi connectivity index (χ2v) is 9.28. The third-order valence-corrected chi connectivity index (χ3v) is 6.99. The highest BCUT2D eigenvalue weighted by Gasteiger charge is 2.40. The van der Waals surface area contributed by atoms with Crippen LogP contribution in [0.1, 0.15) is 25.1 Å². The van der Waals surface area contributed by atoms with Gasteiger partial charge in [-0.15, -0.1) is 0 Å². The van der Waals surface area contributed by atoms with Gasteiger partial charge in [-0.05, 0) is 42.2 Å². The number of likely N-dealkylation sites (tertiary alicyclic amines) is 1. The maximum Gasteiger partial charge on any atom is 0.257 e. The van der Waals surface area contributed by atoms with Crippen LogP contribution in [0.15, 0.2) is 36.5 Å². The van der Waals surface area contributed by atoms with Gasteiger partial charge in [-0.2, -0.15) is 0 Å². The number of hydrogen-bond acceptors (Lipinski definition) is 4. The van der Waals surface area contributed by atoms with Gasteiger partial charge >= 0.3 is 0 Å². The molecule has 8 heteroatoms. The van der Waals surface area contributed by atoms with E-state index in [2.05, 4.69) is 29.0 Å². The first-order chi connectivity index (χ1) is 15.9. The standard InChI is InChI=1S/C25H29FN4O3/c1-15-13-30(14-16(2)23(15)29-8-10-33-11-9-29)25(32)22(20-4-3-7-27-20)21-18-12-17(26)5-6-19(18)28-24(21)31/h3-7,12,15-16,23,27H,8-11,13-14H2,1-2H3,(H,28,31)/b22-21-. The zero-order valence-corrected chi connectivity index (χ0v) is 18.9. The van der Waals surface area contributed by atoms with Crippen LogP contribution in [0.4, 0.5) is 10.1 Å². The van der Waals surface area contributed by atoms with Gasteiger partial charge < -0.3 is 19.9 Å². The van der Waals surface area contributed by atoms with E-state index in [4.69, 9.17) is 4.74 Å². The molecule has 2 fully saturated rings. The number of nitrogens with zero attached hydrogens (tertiary/aromatic N) is 2. The summed E-state index contributed by atoms with van der Waals surface area (Å²) in [5, 5.41) is 2.78. The summed E-state index contributed by atoms with van der Waals surface area (Å²) in [6, 6.07) is 8.09. The van der Waals surface area contributed by atoms with Gasteiger partial charge in [-0.25, -0.2) is 4.39 Å². The molecular weight excluding hydrogens is 423 g/mol. The maximum atomic E-state index is 14.1. The quantitative estimate of drug-likeness (QED) is 0.703. The summed E-state index contributed by atoms with van der Waals surface area (Å²) in [7, 11) is 0. The average molecular weight is 453 g/mol. The van der Waals surface area contributed by atoms with Crippen LogP contribution in [-0.2, 0) is 14.3 Å². The molecule has 174 valence electrons. The predicted octanol–water partition coefficient (Wildman–Crippen LogP) is 2.83. The highest BCUT2D eigenvalue weighted by atomic mass is 19.1. The molecule has 0 saturated carbocycles. The first-order valence-corrected chi connectivity index (χ1v) is 11.5. The zero-order chi connectivity index (χ0) is 23.1. The lowest BCUT2D eigenvalue weighted by atomic mass is 9.83. The molecule has 2 unspecified atom stereocenters. The summed E-state index contributed by atoms with van der Waals surface area (Å²) in [6.07, 6.45) is 1.72. The number of halogens is 1. The topological polar surface area (TPSA) is 77.7 Å². The summed E-state index contributed by atoms with van der Waals surface area (Å²) in [6.45, 7) is 8.87. The van der Waals surface area contributed by atoms with Crippen molar-refractivity contribution < 1.29 is 18.7 Å². The van der Waals surface area contributed by atoms with Crippen molar-refractivity contribution in [1.82, 2.24) is 14.8 Å². The molecule has 7 nitrogen and oxygen atoms in total. The number of aromatic amines is 1. The van der Waals surface area contributed by atoms with Gasteiger partial charge in [0.05, 0.1) is 30.1 Å². The summed E-state index contributed by atoms with van der Waals surface area (Å²) >= 11 is 0. The van der Waals surface area contributed by atoms with E-state index in [1.807, 2.05) is 4.90 Å². The number of anilines is 1. The van der Waals surface area contributed by atoms with Crippen molar-refractivity contribution in [3.8, 4) is 0 Å². The molecule has 1 aromatic heterocycles. The smallest absolute Gasteiger partial charge is 0.257 e. The normalized spacial score (nSPS) is 27.3. The van der Waals surface area contributed by atoms with E-state index in [1.54, 1.807) is 18.3 Å². The van der Waals surface area contributed by atoms with Gasteiger partial charge in [-0.1, -0.05) is 13.8 Å². The van der Waals surface area contributed by atoms with E-state index in [1.165, 1.54) is 18.2 Å². The Morgan fingerprint density at radius 1 is 1.12 bits per heavy atom. The summed E-state index contributed by atoms with van der Waals surface area (Å²) in [4.78, 5) is 34.3. The Hall–Kier alpha value is -2.97. The molecule has 2 amide bonds. The minimum absolute atomic E-state index is 0.209. The Balaban J connectivity index is 1.50. The maximum absolute atomic E-state index is 14.1. The molecule has 0 bridgehead atoms. The summed E-state index contributed by atoms with van der Waals surface area (Å²) < 4.78 is 19.6. The fourth-order valence-electron chi connectivity index (χ4n) is 5.70. The van der Waals surface area contributed by atoms with Crippen LogP contribution in [0.5, 0.6) is 0 Å². The number of morpholine rings is 1. The van der Waals surface area contributed by atoms with Crippen LogP contribution < -0.4 is 5.32 Å². The molecule has 2 saturated heterocycles. The number of carbonyl (C=O) groups excluding carboxylic acids is 2. The van der Waals surface area contributed by atoms with Crippen molar-refractivity contribution in [3.63, 3.8) is 0 Å². The second-order valence-electron chi connectivity index (χ2n) is 9.28. The van der Waals surface area contributed by atoms with Crippen molar-refractivity contribution in [2.24, 2.45) is 11.8 Å². The summed E-state index contributed by atoms with van der Waals surface area (Å²) in [5.41, 5.74) is 1.99. The summed E-state index contributed by atoms with van der Waals surface area (Å²) in [5.74, 6) is -0.507. The molecule has 0 spiro atoms. The number of fused-ring (bicyclic) bond motifs is 1. The number of rotatable bonds is 3. The van der Waals surface area contributed by atoms with Gasteiger partial charge in [-0.3, -0.25) is 14.5 Å². The van der Waals surface area contributed by atoms with Crippen LogP contribution in [-0.4, -0.2) is 72.0 Å². The number of benzene rings is 1. The van der Waals surface area contributed by atoms with Crippen molar-refractivity contribution in [1.29, 1.82) is 0 Å². The average Bonchev–Trinajstić information content (AvgIpc) is 3.43. The number of amides is 2. The molecule has 2 atom stereocenters. The minimum Gasteiger partial charge on any atom is -0.379 e. The van der Waals surface area contributed by atoms with E-state index in [-0.39, 0.29) is 28.9 Å². The van der Waals surface area contributed by atoms with Crippen molar-refractivity contribution in [2.75, 3.05) is 44.7 Å². The first-order valence-electron chi connectivity index (χ1n) is 11.5. The van der Waals surface area contributed by atoms with Gasteiger partial charge in [0, 0.05) is 49.7 Å². The highest BCUT2D eigenvalue weighted by Crippen LogP contribution is 2.39. The number of hydrogen-bond donors (Lipinski definition) is 2. The highest BCUT2D eigenvalue weighted by molar-refractivity contribution is 6.45. The Kier molecular flexibility index (Phi) is 5.80. The van der Waals surface area contributed by atoms with Crippen molar-refractivity contribution in [3.05, 3.63) is 53.6 Å². The van der Waals surface area contributed by atoms with E-state index in [0.717, 1.165) is 26.3 Å². The van der Waals surface area contributed by atoms with Gasteiger partial charge in [0.25, 0.3) is 11.8 Å². The molecule has 1 aromatic carbocycles. The number of H-pyrrole nitrogens is 1. The Labute approximate surface area is 192 Å². The monoisotopic (exact) mass is 452 g/mol. The second kappa shape index (κ2) is 8.76. The van der Waals surface area contributed by atoms with Crippen LogP contribution in [0.3, 0.4) is 0 Å². The SMILES string of the molecule is CC1CN(C(=O)/C(=C2\C(=O)Nc3ccc(F)cc32)c2ccc[nH]2)CC(C)C1N1CCOCC1. The lowest BCUT2D eigenvalue weighted by Gasteiger charge is -2.47. The molecule has 33 heavy (non-hydrogen) atoms. The fourth-order valence-corrected chi connectivity index (χ4v) is 5.70. The van der Waals surface area contributed by atoms with E-state index < -0.39 is 11.7 Å². The molecule has 5 rings (SSSR count). The molecule has 2 N–H and O–H groups in total. The van der Waals surface area contributed by atoms with E-state index in [0.29, 0.717) is 36.1 Å². The van der Waals surface area contributed by atoms with Crippen LogP contribution in [0.25, 0.3) is 11.1 Å². The fraction of sp³-hybridized carbons (Fsp3) is 0.440. The molecule has 2 aromatic rings. The van der Waals surface area contributed by atoms with E-state index in [9.17, 15) is 14.0 Å². The number of piperidine rings is 1. The molecule has 0 aliphatic carbocycles. The van der Waals surface area contributed by atoms with Crippen LogP contribution in [0, 0.1) is 17.7 Å². The van der Waals surface area contributed by atoms with Crippen molar-refractivity contribution in [2.45, 2.75) is 19.9 Å². The molecule has 3 aliphatic heterocycles. The van der Waals surface area contributed by atoms with Gasteiger partial charge in [0.2, 0.25) is 0 Å². The molecule has 0 radical (unpaired) electrons. The number of ether oxygens (including phenoxy) is 1. The van der Waals surface area contributed by atoms with Crippen molar-refractivity contribution >= 4 is 28.6 Å². The zero-order valence-electron chi connectivity index (χ0n) is 18.9. The Morgan fingerprint density at radius 3 is 2.52 bits per heavy atom.